The standard InChI is InChI=1S/C15H20BrN3/c1-3-7-17-14(11-15-18-8-9-19(15)2)12-5-4-6-13(16)10-12/h4-6,8-10,14,17H,3,7,11H2,1-2H3. The van der Waals surface area contributed by atoms with Gasteiger partial charge in [-0.05, 0) is 30.7 Å². The molecule has 19 heavy (non-hydrogen) atoms. The second-order valence-corrected chi connectivity index (χ2v) is 5.64. The minimum absolute atomic E-state index is 0.304. The average molecular weight is 322 g/mol. The van der Waals surface area contributed by atoms with Crippen molar-refractivity contribution in [2.75, 3.05) is 6.54 Å². The van der Waals surface area contributed by atoms with Crippen LogP contribution in [-0.2, 0) is 13.5 Å². The first-order valence-corrected chi connectivity index (χ1v) is 7.45. The van der Waals surface area contributed by atoms with Crippen LogP contribution in [0.15, 0.2) is 41.1 Å². The van der Waals surface area contributed by atoms with Gasteiger partial charge in [-0.25, -0.2) is 4.98 Å². The number of hydrogen-bond acceptors (Lipinski definition) is 2. The maximum Gasteiger partial charge on any atom is 0.110 e. The van der Waals surface area contributed by atoms with Gasteiger partial charge >= 0.3 is 0 Å². The van der Waals surface area contributed by atoms with Crippen molar-refractivity contribution in [1.29, 1.82) is 0 Å². The van der Waals surface area contributed by atoms with Crippen molar-refractivity contribution >= 4 is 15.9 Å². The van der Waals surface area contributed by atoms with Crippen LogP contribution in [0.1, 0.15) is 30.8 Å². The van der Waals surface area contributed by atoms with Gasteiger partial charge in [0.25, 0.3) is 0 Å². The number of benzene rings is 1. The molecule has 0 spiro atoms. The quantitative estimate of drug-likeness (QED) is 0.883. The van der Waals surface area contributed by atoms with Gasteiger partial charge in [0.2, 0.25) is 0 Å². The molecule has 0 radical (unpaired) electrons. The van der Waals surface area contributed by atoms with Crippen molar-refractivity contribution in [3.05, 3.63) is 52.5 Å². The molecule has 0 saturated carbocycles. The first-order valence-electron chi connectivity index (χ1n) is 6.65. The van der Waals surface area contributed by atoms with Crippen molar-refractivity contribution in [3.8, 4) is 0 Å². The summed E-state index contributed by atoms with van der Waals surface area (Å²) < 4.78 is 3.20. The van der Waals surface area contributed by atoms with Crippen LogP contribution in [-0.4, -0.2) is 16.1 Å². The van der Waals surface area contributed by atoms with E-state index in [1.54, 1.807) is 0 Å². The summed E-state index contributed by atoms with van der Waals surface area (Å²) in [5.41, 5.74) is 1.30. The molecule has 3 nitrogen and oxygen atoms in total. The van der Waals surface area contributed by atoms with Crippen molar-refractivity contribution in [2.24, 2.45) is 7.05 Å². The Labute approximate surface area is 123 Å². The highest BCUT2D eigenvalue weighted by Gasteiger charge is 2.14. The summed E-state index contributed by atoms with van der Waals surface area (Å²) >= 11 is 3.54. The van der Waals surface area contributed by atoms with Crippen LogP contribution >= 0.6 is 15.9 Å². The lowest BCUT2D eigenvalue weighted by Gasteiger charge is -2.19. The SMILES string of the molecule is CCCNC(Cc1nccn1C)c1cccc(Br)c1. The Morgan fingerprint density at radius 2 is 2.26 bits per heavy atom. The molecule has 1 atom stereocenters. The van der Waals surface area contributed by atoms with E-state index < -0.39 is 0 Å². The van der Waals surface area contributed by atoms with Crippen molar-refractivity contribution < 1.29 is 0 Å². The van der Waals surface area contributed by atoms with E-state index >= 15 is 0 Å². The number of hydrogen-bond donors (Lipinski definition) is 1. The second-order valence-electron chi connectivity index (χ2n) is 4.72. The Kier molecular flexibility index (Phi) is 5.16. The monoisotopic (exact) mass is 321 g/mol. The molecule has 1 aromatic carbocycles. The minimum Gasteiger partial charge on any atom is -0.338 e. The Morgan fingerprint density at radius 3 is 2.89 bits per heavy atom. The van der Waals surface area contributed by atoms with Crippen molar-refractivity contribution in [2.45, 2.75) is 25.8 Å². The molecule has 102 valence electrons. The van der Waals surface area contributed by atoms with Crippen molar-refractivity contribution in [1.82, 2.24) is 14.9 Å². The highest BCUT2D eigenvalue weighted by atomic mass is 79.9. The fourth-order valence-electron chi connectivity index (χ4n) is 2.13. The maximum absolute atomic E-state index is 4.42. The molecule has 0 fully saturated rings. The van der Waals surface area contributed by atoms with E-state index in [-0.39, 0.29) is 0 Å². The topological polar surface area (TPSA) is 29.9 Å². The largest absolute Gasteiger partial charge is 0.338 e. The fourth-order valence-corrected chi connectivity index (χ4v) is 2.54. The zero-order valence-corrected chi connectivity index (χ0v) is 13.0. The van der Waals surface area contributed by atoms with E-state index in [0.29, 0.717) is 6.04 Å². The summed E-state index contributed by atoms with van der Waals surface area (Å²) in [4.78, 5) is 4.42. The highest BCUT2D eigenvalue weighted by Crippen LogP contribution is 2.21. The lowest BCUT2D eigenvalue weighted by atomic mass is 10.0. The third-order valence-corrected chi connectivity index (χ3v) is 3.69. The molecule has 2 rings (SSSR count). The molecule has 1 unspecified atom stereocenters. The molecule has 0 aliphatic rings. The fraction of sp³-hybridized carbons (Fsp3) is 0.400. The van der Waals surface area contributed by atoms with E-state index in [1.165, 1.54) is 5.56 Å². The number of aryl methyl sites for hydroxylation is 1. The van der Waals surface area contributed by atoms with Crippen LogP contribution in [0, 0.1) is 0 Å². The summed E-state index contributed by atoms with van der Waals surface area (Å²) in [6, 6.07) is 8.79. The smallest absolute Gasteiger partial charge is 0.110 e. The van der Waals surface area contributed by atoms with E-state index in [9.17, 15) is 0 Å². The number of nitrogens with zero attached hydrogens (tertiary/aromatic N) is 2. The Balaban J connectivity index is 2.18. The van der Waals surface area contributed by atoms with Gasteiger partial charge in [-0.3, -0.25) is 0 Å². The Bertz CT molecular complexity index is 522. The molecule has 0 amide bonds. The summed E-state index contributed by atoms with van der Waals surface area (Å²) in [6.45, 7) is 3.20. The number of aromatic nitrogens is 2. The molecular weight excluding hydrogens is 302 g/mol. The summed E-state index contributed by atoms with van der Waals surface area (Å²) in [6.07, 6.45) is 5.88. The van der Waals surface area contributed by atoms with Crippen molar-refractivity contribution in [3.63, 3.8) is 0 Å². The van der Waals surface area contributed by atoms with Crippen LogP contribution in [0.25, 0.3) is 0 Å². The summed E-state index contributed by atoms with van der Waals surface area (Å²) in [5.74, 6) is 1.11. The Morgan fingerprint density at radius 1 is 1.42 bits per heavy atom. The van der Waals surface area contributed by atoms with E-state index in [4.69, 9.17) is 0 Å². The van der Waals surface area contributed by atoms with Crippen LogP contribution in [0.4, 0.5) is 0 Å². The van der Waals surface area contributed by atoms with Gasteiger partial charge in [-0.1, -0.05) is 35.0 Å². The molecule has 1 N–H and O–H groups in total. The first kappa shape index (κ1) is 14.3. The molecule has 0 aliphatic carbocycles. The van der Waals surface area contributed by atoms with Crippen LogP contribution in [0.5, 0.6) is 0 Å². The van der Waals surface area contributed by atoms with E-state index in [0.717, 1.165) is 29.7 Å². The summed E-state index contributed by atoms with van der Waals surface area (Å²) in [5, 5.41) is 3.60. The van der Waals surface area contributed by atoms with Gasteiger partial charge in [0.05, 0.1) is 0 Å². The molecule has 4 heteroatoms. The maximum atomic E-state index is 4.42. The zero-order valence-electron chi connectivity index (χ0n) is 11.4. The number of rotatable bonds is 6. The van der Waals surface area contributed by atoms with Crippen LogP contribution in [0.2, 0.25) is 0 Å². The van der Waals surface area contributed by atoms with E-state index in [2.05, 4.69) is 62.0 Å². The summed E-state index contributed by atoms with van der Waals surface area (Å²) in [7, 11) is 2.04. The Hall–Kier alpha value is -1.13. The predicted molar refractivity (Wildman–Crippen MR) is 82.1 cm³/mol. The molecule has 0 saturated heterocycles. The van der Waals surface area contributed by atoms with Gasteiger partial charge in [0, 0.05) is 36.4 Å². The third-order valence-electron chi connectivity index (χ3n) is 3.20. The number of imidazole rings is 1. The molecule has 1 aromatic heterocycles. The molecule has 0 aliphatic heterocycles. The van der Waals surface area contributed by atoms with E-state index in [1.807, 2.05) is 19.4 Å². The zero-order chi connectivity index (χ0) is 13.7. The van der Waals surface area contributed by atoms with Gasteiger partial charge in [0.15, 0.2) is 0 Å². The molecule has 0 bridgehead atoms. The van der Waals surface area contributed by atoms with Gasteiger partial charge < -0.3 is 9.88 Å². The molecular formula is C15H20BrN3. The second kappa shape index (κ2) is 6.87. The molecule has 2 aromatic rings. The third kappa shape index (κ3) is 3.91. The minimum atomic E-state index is 0.304. The average Bonchev–Trinajstić information content (AvgIpc) is 2.80. The normalized spacial score (nSPS) is 12.6. The number of halogens is 1. The van der Waals surface area contributed by atoms with Crippen LogP contribution in [0.3, 0.4) is 0 Å². The lowest BCUT2D eigenvalue weighted by molar-refractivity contribution is 0.512. The lowest BCUT2D eigenvalue weighted by Crippen LogP contribution is -2.25. The highest BCUT2D eigenvalue weighted by molar-refractivity contribution is 9.10. The predicted octanol–water partition coefficient (Wildman–Crippen LogP) is 3.47. The van der Waals surface area contributed by atoms with Gasteiger partial charge in [-0.2, -0.15) is 0 Å². The van der Waals surface area contributed by atoms with Gasteiger partial charge in [0.1, 0.15) is 5.82 Å². The van der Waals surface area contributed by atoms with Gasteiger partial charge in [-0.15, -0.1) is 0 Å². The number of nitrogens with one attached hydrogen (secondary N) is 1. The first-order chi connectivity index (χ1) is 9.20. The molecule has 1 heterocycles. The van der Waals surface area contributed by atoms with Crippen LogP contribution < -0.4 is 5.32 Å².